The van der Waals surface area contributed by atoms with Crippen molar-refractivity contribution < 1.29 is 8.42 Å². The van der Waals surface area contributed by atoms with Crippen molar-refractivity contribution in [1.82, 2.24) is 0 Å². The number of rotatable bonds is 5. The lowest BCUT2D eigenvalue weighted by atomic mass is 9.97. The second-order valence-electron chi connectivity index (χ2n) is 6.31. The monoisotopic (exact) mass is 363 g/mol. The standard InChI is InChI=1S/C22H21NO2S/c1-16-9-12-20(13-10-16)26(24,25)23-22-14-11-17(2)15-21(22)18(3)19-7-5-4-6-8-19/h4-15,23H,3H2,1-2H3. The third kappa shape index (κ3) is 3.86. The first kappa shape index (κ1) is 18.0. The molecule has 0 fully saturated rings. The van der Waals surface area contributed by atoms with Crippen molar-refractivity contribution >= 4 is 21.3 Å². The summed E-state index contributed by atoms with van der Waals surface area (Å²) in [5.74, 6) is 0. The molecule has 26 heavy (non-hydrogen) atoms. The van der Waals surface area contributed by atoms with E-state index in [0.717, 1.165) is 27.8 Å². The van der Waals surface area contributed by atoms with Crippen molar-refractivity contribution in [2.45, 2.75) is 18.7 Å². The largest absolute Gasteiger partial charge is 0.279 e. The average molecular weight is 363 g/mol. The molecule has 3 aromatic carbocycles. The van der Waals surface area contributed by atoms with Crippen LogP contribution in [0.3, 0.4) is 0 Å². The molecular formula is C22H21NO2S. The van der Waals surface area contributed by atoms with Gasteiger partial charge in [-0.2, -0.15) is 0 Å². The highest BCUT2D eigenvalue weighted by atomic mass is 32.2. The first-order chi connectivity index (χ1) is 12.4. The van der Waals surface area contributed by atoms with Crippen LogP contribution in [0.1, 0.15) is 22.3 Å². The number of aryl methyl sites for hydroxylation is 2. The summed E-state index contributed by atoms with van der Waals surface area (Å²) in [5, 5.41) is 0. The van der Waals surface area contributed by atoms with Crippen molar-refractivity contribution in [1.29, 1.82) is 0 Å². The Kier molecular flexibility index (Phi) is 4.96. The third-order valence-electron chi connectivity index (χ3n) is 4.20. The zero-order valence-electron chi connectivity index (χ0n) is 14.9. The van der Waals surface area contributed by atoms with E-state index in [1.807, 2.05) is 56.3 Å². The molecule has 0 aliphatic heterocycles. The lowest BCUT2D eigenvalue weighted by Crippen LogP contribution is -2.14. The number of nitrogens with one attached hydrogen (secondary N) is 1. The molecule has 0 bridgehead atoms. The van der Waals surface area contributed by atoms with Crippen LogP contribution >= 0.6 is 0 Å². The summed E-state index contributed by atoms with van der Waals surface area (Å²) in [7, 11) is -3.67. The molecule has 3 aromatic rings. The van der Waals surface area contributed by atoms with Crippen LogP contribution in [0.4, 0.5) is 5.69 Å². The van der Waals surface area contributed by atoms with Crippen molar-refractivity contribution in [2.24, 2.45) is 0 Å². The Bertz CT molecular complexity index is 1040. The van der Waals surface area contributed by atoms with Gasteiger partial charge in [0.2, 0.25) is 0 Å². The Balaban J connectivity index is 2.01. The molecular weight excluding hydrogens is 342 g/mol. The molecule has 0 saturated carbocycles. The molecule has 0 aliphatic carbocycles. The maximum Gasteiger partial charge on any atom is 0.261 e. The van der Waals surface area contributed by atoms with Crippen LogP contribution in [-0.2, 0) is 10.0 Å². The van der Waals surface area contributed by atoms with E-state index in [2.05, 4.69) is 11.3 Å². The maximum atomic E-state index is 12.8. The zero-order chi connectivity index (χ0) is 18.7. The van der Waals surface area contributed by atoms with Gasteiger partial charge in [0, 0.05) is 5.56 Å². The molecule has 1 N–H and O–H groups in total. The third-order valence-corrected chi connectivity index (χ3v) is 5.58. The second-order valence-corrected chi connectivity index (χ2v) is 7.99. The highest BCUT2D eigenvalue weighted by molar-refractivity contribution is 7.92. The lowest BCUT2D eigenvalue weighted by Gasteiger charge is -2.16. The summed E-state index contributed by atoms with van der Waals surface area (Å²) in [6.45, 7) is 8.07. The molecule has 0 atom stereocenters. The molecule has 0 unspecified atom stereocenters. The van der Waals surface area contributed by atoms with E-state index in [1.54, 1.807) is 30.3 Å². The van der Waals surface area contributed by atoms with Crippen LogP contribution in [0, 0.1) is 13.8 Å². The highest BCUT2D eigenvalue weighted by Crippen LogP contribution is 2.30. The molecule has 0 spiro atoms. The van der Waals surface area contributed by atoms with E-state index in [9.17, 15) is 8.42 Å². The van der Waals surface area contributed by atoms with Gasteiger partial charge in [-0.25, -0.2) is 8.42 Å². The molecule has 0 aromatic heterocycles. The lowest BCUT2D eigenvalue weighted by molar-refractivity contribution is 0.601. The minimum Gasteiger partial charge on any atom is -0.279 e. The second kappa shape index (κ2) is 7.18. The van der Waals surface area contributed by atoms with Gasteiger partial charge in [-0.1, -0.05) is 66.2 Å². The predicted molar refractivity (Wildman–Crippen MR) is 108 cm³/mol. The van der Waals surface area contributed by atoms with E-state index in [4.69, 9.17) is 0 Å². The summed E-state index contributed by atoms with van der Waals surface area (Å²) in [6.07, 6.45) is 0. The van der Waals surface area contributed by atoms with E-state index in [1.165, 1.54) is 0 Å². The van der Waals surface area contributed by atoms with Gasteiger partial charge in [-0.05, 0) is 49.2 Å². The number of anilines is 1. The Labute approximate surface area is 155 Å². The van der Waals surface area contributed by atoms with E-state index in [0.29, 0.717) is 5.69 Å². The maximum absolute atomic E-state index is 12.8. The van der Waals surface area contributed by atoms with Gasteiger partial charge < -0.3 is 0 Å². The fourth-order valence-electron chi connectivity index (χ4n) is 2.71. The number of sulfonamides is 1. The van der Waals surface area contributed by atoms with Crippen LogP contribution in [0.15, 0.2) is 84.3 Å². The van der Waals surface area contributed by atoms with Crippen molar-refractivity contribution in [2.75, 3.05) is 4.72 Å². The Hall–Kier alpha value is -2.85. The molecule has 3 nitrogen and oxygen atoms in total. The SMILES string of the molecule is C=C(c1ccccc1)c1cc(C)ccc1NS(=O)(=O)c1ccc(C)cc1. The smallest absolute Gasteiger partial charge is 0.261 e. The number of hydrogen-bond acceptors (Lipinski definition) is 2. The van der Waals surface area contributed by atoms with Crippen molar-refractivity contribution in [3.63, 3.8) is 0 Å². The molecule has 0 heterocycles. The molecule has 0 saturated heterocycles. The summed E-state index contributed by atoms with van der Waals surface area (Å²) in [6, 6.07) is 22.1. The van der Waals surface area contributed by atoms with Gasteiger partial charge in [0.15, 0.2) is 0 Å². The summed E-state index contributed by atoms with van der Waals surface area (Å²) in [5.41, 5.74) is 5.06. The summed E-state index contributed by atoms with van der Waals surface area (Å²) >= 11 is 0. The quantitative estimate of drug-likeness (QED) is 0.680. The van der Waals surface area contributed by atoms with Gasteiger partial charge in [0.05, 0.1) is 10.6 Å². The van der Waals surface area contributed by atoms with Gasteiger partial charge in [-0.15, -0.1) is 0 Å². The van der Waals surface area contributed by atoms with Crippen LogP contribution in [0.25, 0.3) is 5.57 Å². The predicted octanol–water partition coefficient (Wildman–Crippen LogP) is 5.17. The Morgan fingerprint density at radius 3 is 2.12 bits per heavy atom. The van der Waals surface area contributed by atoms with Gasteiger partial charge in [0.1, 0.15) is 0 Å². The van der Waals surface area contributed by atoms with Gasteiger partial charge in [0.25, 0.3) is 10.0 Å². The summed E-state index contributed by atoms with van der Waals surface area (Å²) in [4.78, 5) is 0.236. The van der Waals surface area contributed by atoms with Crippen LogP contribution < -0.4 is 4.72 Å². The van der Waals surface area contributed by atoms with Crippen molar-refractivity contribution in [3.8, 4) is 0 Å². The minimum atomic E-state index is -3.67. The fraction of sp³-hybridized carbons (Fsp3) is 0.0909. The van der Waals surface area contributed by atoms with Crippen LogP contribution in [-0.4, -0.2) is 8.42 Å². The summed E-state index contributed by atoms with van der Waals surface area (Å²) < 4.78 is 28.2. The normalized spacial score (nSPS) is 11.2. The van der Waals surface area contributed by atoms with Gasteiger partial charge in [-0.3, -0.25) is 4.72 Å². The average Bonchev–Trinajstić information content (AvgIpc) is 2.63. The molecule has 132 valence electrons. The minimum absolute atomic E-state index is 0.236. The highest BCUT2D eigenvalue weighted by Gasteiger charge is 2.17. The van der Waals surface area contributed by atoms with Gasteiger partial charge >= 0.3 is 0 Å². The molecule has 0 amide bonds. The Morgan fingerprint density at radius 1 is 0.846 bits per heavy atom. The topological polar surface area (TPSA) is 46.2 Å². The van der Waals surface area contributed by atoms with Crippen LogP contribution in [0.2, 0.25) is 0 Å². The first-order valence-electron chi connectivity index (χ1n) is 8.32. The molecule has 3 rings (SSSR count). The molecule has 0 radical (unpaired) electrons. The molecule has 0 aliphatic rings. The number of hydrogen-bond donors (Lipinski definition) is 1. The zero-order valence-corrected chi connectivity index (χ0v) is 15.7. The van der Waals surface area contributed by atoms with Crippen LogP contribution in [0.5, 0.6) is 0 Å². The van der Waals surface area contributed by atoms with E-state index >= 15 is 0 Å². The first-order valence-corrected chi connectivity index (χ1v) is 9.80. The van der Waals surface area contributed by atoms with E-state index < -0.39 is 10.0 Å². The molecule has 4 heteroatoms. The Morgan fingerprint density at radius 2 is 1.46 bits per heavy atom. The van der Waals surface area contributed by atoms with E-state index in [-0.39, 0.29) is 4.90 Å². The number of benzene rings is 3. The van der Waals surface area contributed by atoms with Crippen molar-refractivity contribution in [3.05, 3.63) is 102 Å². The fourth-order valence-corrected chi connectivity index (χ4v) is 3.79.